The molecular weight excluding hydrogens is 394 g/mol. The number of pyridine rings is 1. The van der Waals surface area contributed by atoms with Crippen molar-refractivity contribution in [2.24, 2.45) is 0 Å². The number of fused-ring (bicyclic) bond motifs is 3. The molecule has 0 saturated carbocycles. The fraction of sp³-hybridized carbons (Fsp3) is 0.250. The van der Waals surface area contributed by atoms with E-state index in [0.29, 0.717) is 30.5 Å². The van der Waals surface area contributed by atoms with Gasteiger partial charge in [-0.3, -0.25) is 9.36 Å². The van der Waals surface area contributed by atoms with Crippen LogP contribution in [0, 0.1) is 0 Å². The molecule has 0 spiro atoms. The zero-order valence-corrected chi connectivity index (χ0v) is 16.8. The molecule has 1 N–H and O–H groups in total. The summed E-state index contributed by atoms with van der Waals surface area (Å²) in [6, 6.07) is 13.2. The molecule has 1 fully saturated rings. The third-order valence-corrected chi connectivity index (χ3v) is 5.90. The smallest absolute Gasteiger partial charge is 0.354 e. The van der Waals surface area contributed by atoms with Crippen LogP contribution in [0.3, 0.4) is 0 Å². The van der Waals surface area contributed by atoms with Crippen molar-refractivity contribution in [1.29, 1.82) is 0 Å². The van der Waals surface area contributed by atoms with Gasteiger partial charge in [0.25, 0.3) is 5.56 Å². The first kappa shape index (κ1) is 19.4. The summed E-state index contributed by atoms with van der Waals surface area (Å²) in [7, 11) is 0. The van der Waals surface area contributed by atoms with E-state index in [2.05, 4.69) is 9.97 Å². The zero-order valence-electron chi connectivity index (χ0n) is 16.8. The molecule has 0 aliphatic carbocycles. The van der Waals surface area contributed by atoms with E-state index in [-0.39, 0.29) is 17.3 Å². The van der Waals surface area contributed by atoms with E-state index in [4.69, 9.17) is 9.84 Å². The van der Waals surface area contributed by atoms with Crippen LogP contribution >= 0.6 is 0 Å². The predicted molar refractivity (Wildman–Crippen MR) is 117 cm³/mol. The molecule has 1 saturated heterocycles. The van der Waals surface area contributed by atoms with Crippen molar-refractivity contribution in [2.45, 2.75) is 25.3 Å². The molecule has 4 aromatic rings. The minimum absolute atomic E-state index is 0.00988. The van der Waals surface area contributed by atoms with Gasteiger partial charge >= 0.3 is 5.97 Å². The number of nitrogens with zero attached hydrogens (tertiary/aromatic N) is 3. The number of carboxylic acid groups (broad SMARTS) is 1. The zero-order chi connectivity index (χ0) is 21.4. The van der Waals surface area contributed by atoms with Crippen LogP contribution in [-0.4, -0.2) is 38.8 Å². The number of aromatic nitrogens is 3. The van der Waals surface area contributed by atoms with Gasteiger partial charge < -0.3 is 9.84 Å². The highest BCUT2D eigenvalue weighted by Crippen LogP contribution is 2.28. The standard InChI is InChI=1S/C24H21N3O4/c28-23-20-12-16(11-15-5-6-21(24(29)30)25-13-15)18-3-1-2-4-19(18)22(20)26-14-27(23)17-7-9-31-10-8-17/h1-6,12-14,17H,7-11H2,(H,29,30). The Morgan fingerprint density at radius 1 is 1.06 bits per heavy atom. The van der Waals surface area contributed by atoms with Crippen LogP contribution < -0.4 is 5.56 Å². The van der Waals surface area contributed by atoms with Crippen LogP contribution in [0.2, 0.25) is 0 Å². The van der Waals surface area contributed by atoms with Crippen molar-refractivity contribution >= 4 is 27.6 Å². The van der Waals surface area contributed by atoms with Gasteiger partial charge in [-0.15, -0.1) is 0 Å². The number of ether oxygens (including phenoxy) is 1. The van der Waals surface area contributed by atoms with E-state index >= 15 is 0 Å². The third kappa shape index (κ3) is 3.57. The quantitative estimate of drug-likeness (QED) is 0.512. The summed E-state index contributed by atoms with van der Waals surface area (Å²) >= 11 is 0. The maximum Gasteiger partial charge on any atom is 0.354 e. The van der Waals surface area contributed by atoms with Crippen LogP contribution in [0.1, 0.15) is 40.5 Å². The molecule has 156 valence electrons. The van der Waals surface area contributed by atoms with Gasteiger partial charge in [0.15, 0.2) is 0 Å². The minimum atomic E-state index is -1.05. The highest BCUT2D eigenvalue weighted by Gasteiger charge is 2.19. The first-order valence-electron chi connectivity index (χ1n) is 10.3. The molecule has 0 amide bonds. The Hall–Kier alpha value is -3.58. The molecule has 0 bridgehead atoms. The minimum Gasteiger partial charge on any atom is -0.477 e. The van der Waals surface area contributed by atoms with Crippen LogP contribution in [0.25, 0.3) is 21.7 Å². The Balaban J connectivity index is 1.65. The first-order valence-corrected chi connectivity index (χ1v) is 10.3. The summed E-state index contributed by atoms with van der Waals surface area (Å²) in [5.74, 6) is -1.05. The number of carboxylic acids is 1. The van der Waals surface area contributed by atoms with Crippen molar-refractivity contribution in [3.8, 4) is 0 Å². The molecular formula is C24H21N3O4. The molecule has 1 aliphatic heterocycles. The van der Waals surface area contributed by atoms with Crippen LogP contribution in [0.15, 0.2) is 59.8 Å². The lowest BCUT2D eigenvalue weighted by molar-refractivity contribution is 0.0683. The fourth-order valence-electron chi connectivity index (χ4n) is 4.29. The number of rotatable bonds is 4. The second-order valence-corrected chi connectivity index (χ2v) is 7.81. The van der Waals surface area contributed by atoms with Crippen molar-refractivity contribution in [3.63, 3.8) is 0 Å². The van der Waals surface area contributed by atoms with Crippen molar-refractivity contribution < 1.29 is 14.6 Å². The molecule has 1 aliphatic rings. The van der Waals surface area contributed by atoms with Crippen molar-refractivity contribution in [3.05, 3.63) is 82.2 Å². The Bertz CT molecular complexity index is 1340. The SMILES string of the molecule is O=C(O)c1ccc(Cc2cc3c(=O)n(C4CCOCC4)cnc3c3ccccc23)cn1. The second kappa shape index (κ2) is 7.92. The fourth-order valence-corrected chi connectivity index (χ4v) is 4.29. The van der Waals surface area contributed by atoms with Gasteiger partial charge in [0.05, 0.1) is 17.2 Å². The monoisotopic (exact) mass is 415 g/mol. The van der Waals surface area contributed by atoms with E-state index in [0.717, 1.165) is 34.7 Å². The number of benzene rings is 2. The summed E-state index contributed by atoms with van der Waals surface area (Å²) in [6.45, 7) is 1.30. The van der Waals surface area contributed by atoms with E-state index in [9.17, 15) is 9.59 Å². The molecule has 2 aromatic carbocycles. The Kier molecular flexibility index (Phi) is 4.95. The van der Waals surface area contributed by atoms with Crippen molar-refractivity contribution in [1.82, 2.24) is 14.5 Å². The van der Waals surface area contributed by atoms with Gasteiger partial charge in [-0.05, 0) is 47.9 Å². The molecule has 0 atom stereocenters. The highest BCUT2D eigenvalue weighted by atomic mass is 16.5. The Morgan fingerprint density at radius 3 is 2.55 bits per heavy atom. The third-order valence-electron chi connectivity index (χ3n) is 5.90. The summed E-state index contributed by atoms with van der Waals surface area (Å²) in [4.78, 5) is 33.2. The average Bonchev–Trinajstić information content (AvgIpc) is 2.81. The number of hydrogen-bond donors (Lipinski definition) is 1. The van der Waals surface area contributed by atoms with Gasteiger partial charge in [0.2, 0.25) is 0 Å². The van der Waals surface area contributed by atoms with E-state index in [1.807, 2.05) is 30.3 Å². The number of aromatic carboxylic acids is 1. The van der Waals surface area contributed by atoms with E-state index in [1.165, 1.54) is 6.07 Å². The lowest BCUT2D eigenvalue weighted by Gasteiger charge is -2.24. The second-order valence-electron chi connectivity index (χ2n) is 7.81. The molecule has 0 unspecified atom stereocenters. The van der Waals surface area contributed by atoms with E-state index in [1.54, 1.807) is 23.2 Å². The predicted octanol–water partition coefficient (Wildman–Crippen LogP) is 3.59. The van der Waals surface area contributed by atoms with Gasteiger partial charge in [0.1, 0.15) is 5.69 Å². The summed E-state index contributed by atoms with van der Waals surface area (Å²) in [5, 5.41) is 11.6. The van der Waals surface area contributed by atoms with Gasteiger partial charge in [-0.1, -0.05) is 30.3 Å². The largest absolute Gasteiger partial charge is 0.477 e. The maximum atomic E-state index is 13.4. The van der Waals surface area contributed by atoms with E-state index < -0.39 is 5.97 Å². The van der Waals surface area contributed by atoms with Gasteiger partial charge in [-0.25, -0.2) is 14.8 Å². The first-order chi connectivity index (χ1) is 15.1. The lowest BCUT2D eigenvalue weighted by atomic mass is 9.96. The number of hydrogen-bond acceptors (Lipinski definition) is 5. The van der Waals surface area contributed by atoms with Crippen molar-refractivity contribution in [2.75, 3.05) is 13.2 Å². The summed E-state index contributed by atoms with van der Waals surface area (Å²) in [5.41, 5.74) is 2.53. The summed E-state index contributed by atoms with van der Waals surface area (Å²) < 4.78 is 7.18. The molecule has 3 heterocycles. The topological polar surface area (TPSA) is 94.3 Å². The summed E-state index contributed by atoms with van der Waals surface area (Å²) in [6.07, 6.45) is 5.38. The van der Waals surface area contributed by atoms with Gasteiger partial charge in [-0.2, -0.15) is 0 Å². The van der Waals surface area contributed by atoms with Crippen LogP contribution in [0.4, 0.5) is 0 Å². The van der Waals surface area contributed by atoms with Crippen LogP contribution in [-0.2, 0) is 11.2 Å². The lowest BCUT2D eigenvalue weighted by Crippen LogP contribution is -2.29. The Morgan fingerprint density at radius 2 is 1.84 bits per heavy atom. The number of carbonyl (C=O) groups is 1. The van der Waals surface area contributed by atoms with Crippen LogP contribution in [0.5, 0.6) is 0 Å². The molecule has 0 radical (unpaired) electrons. The van der Waals surface area contributed by atoms with Gasteiger partial charge in [0, 0.05) is 30.8 Å². The average molecular weight is 415 g/mol. The molecule has 5 rings (SSSR count). The highest BCUT2D eigenvalue weighted by molar-refractivity contribution is 6.06. The molecule has 7 heteroatoms. The maximum absolute atomic E-state index is 13.4. The molecule has 31 heavy (non-hydrogen) atoms. The Labute approximate surface area is 178 Å². The normalized spacial score (nSPS) is 14.8. The molecule has 2 aromatic heterocycles. The molecule has 7 nitrogen and oxygen atoms in total.